The van der Waals surface area contributed by atoms with Crippen LogP contribution in [0.15, 0.2) is 60.6 Å². The van der Waals surface area contributed by atoms with Gasteiger partial charge in [-0.2, -0.15) is 0 Å². The smallest absolute Gasteiger partial charge is 0.290 e. The number of aromatic amines is 1. The van der Waals surface area contributed by atoms with Crippen LogP contribution in [-0.4, -0.2) is 23.0 Å². The standard InChI is InChI=1S/C19H15Cl2N3O2/c1-26-18(19(25)24-14-5-3-7-22-11-14)6-2-4-13-8-12-9-15(20)16(21)10-17(12)23-13/h2-11,23H,1H3,(H,24,25). The number of nitrogens with one attached hydrogen (secondary N) is 2. The van der Waals surface area contributed by atoms with Gasteiger partial charge in [-0.05, 0) is 42.5 Å². The van der Waals surface area contributed by atoms with Crippen molar-refractivity contribution < 1.29 is 9.53 Å². The zero-order chi connectivity index (χ0) is 18.5. The number of ether oxygens (including phenoxy) is 1. The number of nitrogens with zero attached hydrogens (tertiary/aromatic N) is 1. The summed E-state index contributed by atoms with van der Waals surface area (Å²) in [5.41, 5.74) is 2.32. The van der Waals surface area contributed by atoms with Gasteiger partial charge in [0, 0.05) is 22.8 Å². The number of methoxy groups -OCH3 is 1. The number of aromatic nitrogens is 2. The van der Waals surface area contributed by atoms with E-state index < -0.39 is 0 Å². The number of pyridine rings is 1. The molecule has 2 heterocycles. The number of rotatable bonds is 5. The van der Waals surface area contributed by atoms with E-state index in [1.165, 1.54) is 7.11 Å². The lowest BCUT2D eigenvalue weighted by Crippen LogP contribution is -2.15. The molecule has 26 heavy (non-hydrogen) atoms. The van der Waals surface area contributed by atoms with Crippen molar-refractivity contribution in [3.05, 3.63) is 76.4 Å². The molecule has 0 aliphatic rings. The van der Waals surface area contributed by atoms with Crippen LogP contribution in [0.1, 0.15) is 5.69 Å². The Balaban J connectivity index is 1.75. The van der Waals surface area contributed by atoms with Crippen LogP contribution in [-0.2, 0) is 9.53 Å². The van der Waals surface area contributed by atoms with Gasteiger partial charge in [-0.25, -0.2) is 0 Å². The summed E-state index contributed by atoms with van der Waals surface area (Å²) in [5, 5.41) is 4.65. The lowest BCUT2D eigenvalue weighted by atomic mass is 10.2. The minimum absolute atomic E-state index is 0.173. The van der Waals surface area contributed by atoms with Crippen LogP contribution < -0.4 is 5.32 Å². The van der Waals surface area contributed by atoms with Gasteiger partial charge >= 0.3 is 0 Å². The van der Waals surface area contributed by atoms with Crippen molar-refractivity contribution in [3.63, 3.8) is 0 Å². The molecular weight excluding hydrogens is 373 g/mol. The molecule has 2 aromatic heterocycles. The van der Waals surface area contributed by atoms with Crippen molar-refractivity contribution >= 4 is 51.8 Å². The summed E-state index contributed by atoms with van der Waals surface area (Å²) < 4.78 is 5.14. The molecule has 0 aliphatic heterocycles. The number of anilines is 1. The van der Waals surface area contributed by atoms with E-state index in [0.717, 1.165) is 16.6 Å². The predicted molar refractivity (Wildman–Crippen MR) is 105 cm³/mol. The Labute approximate surface area is 160 Å². The van der Waals surface area contributed by atoms with Gasteiger partial charge in [0.05, 0.1) is 29.0 Å². The largest absolute Gasteiger partial charge is 0.491 e. The Morgan fingerprint density at radius 1 is 1.27 bits per heavy atom. The molecule has 1 amide bonds. The molecule has 7 heteroatoms. The fraction of sp³-hybridized carbons (Fsp3) is 0.0526. The first kappa shape index (κ1) is 18.0. The number of hydrogen-bond acceptors (Lipinski definition) is 3. The van der Waals surface area contributed by atoms with Crippen LogP contribution >= 0.6 is 23.2 Å². The predicted octanol–water partition coefficient (Wildman–Crippen LogP) is 5.05. The Hall–Kier alpha value is -2.76. The first-order valence-corrected chi connectivity index (χ1v) is 8.44. The Kier molecular flexibility index (Phi) is 5.61. The summed E-state index contributed by atoms with van der Waals surface area (Å²) in [6.45, 7) is 0. The van der Waals surface area contributed by atoms with E-state index in [1.807, 2.05) is 12.1 Å². The summed E-state index contributed by atoms with van der Waals surface area (Å²) in [5.74, 6) is -0.187. The van der Waals surface area contributed by atoms with E-state index in [2.05, 4.69) is 15.3 Å². The maximum absolute atomic E-state index is 12.2. The third kappa shape index (κ3) is 4.25. The number of benzene rings is 1. The number of fused-ring (bicyclic) bond motifs is 1. The van der Waals surface area contributed by atoms with Crippen LogP contribution in [0.4, 0.5) is 5.69 Å². The minimum atomic E-state index is -0.361. The number of hydrogen-bond donors (Lipinski definition) is 2. The molecule has 0 radical (unpaired) electrons. The lowest BCUT2D eigenvalue weighted by molar-refractivity contribution is -0.115. The average molecular weight is 388 g/mol. The van der Waals surface area contributed by atoms with E-state index in [9.17, 15) is 4.79 Å². The van der Waals surface area contributed by atoms with Crippen LogP contribution in [0.3, 0.4) is 0 Å². The molecule has 3 aromatic rings. The van der Waals surface area contributed by atoms with E-state index in [-0.39, 0.29) is 11.7 Å². The quantitative estimate of drug-likeness (QED) is 0.365. The van der Waals surface area contributed by atoms with Crippen molar-refractivity contribution in [2.45, 2.75) is 0 Å². The van der Waals surface area contributed by atoms with Crippen LogP contribution in [0.5, 0.6) is 0 Å². The fourth-order valence-electron chi connectivity index (χ4n) is 2.34. The topological polar surface area (TPSA) is 67.0 Å². The fourth-order valence-corrected chi connectivity index (χ4v) is 2.68. The Morgan fingerprint density at radius 2 is 2.08 bits per heavy atom. The van der Waals surface area contributed by atoms with Gasteiger partial charge in [-0.3, -0.25) is 9.78 Å². The maximum Gasteiger partial charge on any atom is 0.290 e. The van der Waals surface area contributed by atoms with Gasteiger partial charge < -0.3 is 15.0 Å². The van der Waals surface area contributed by atoms with Crippen molar-refractivity contribution in [3.8, 4) is 0 Å². The second-order valence-corrected chi connectivity index (χ2v) is 6.18. The molecular formula is C19H15Cl2N3O2. The summed E-state index contributed by atoms with van der Waals surface area (Å²) in [6.07, 6.45) is 8.30. The van der Waals surface area contributed by atoms with Crippen molar-refractivity contribution in [2.24, 2.45) is 0 Å². The average Bonchev–Trinajstić information content (AvgIpc) is 3.01. The zero-order valence-electron chi connectivity index (χ0n) is 13.8. The zero-order valence-corrected chi connectivity index (χ0v) is 15.3. The molecule has 1 aromatic carbocycles. The molecule has 0 aliphatic carbocycles. The van der Waals surface area contributed by atoms with Crippen LogP contribution in [0.2, 0.25) is 10.0 Å². The van der Waals surface area contributed by atoms with Gasteiger partial charge in [0.1, 0.15) is 0 Å². The molecule has 0 fully saturated rings. The number of halogens is 2. The first-order chi connectivity index (χ1) is 12.6. The van der Waals surface area contributed by atoms with Gasteiger partial charge in [0.15, 0.2) is 5.76 Å². The highest BCUT2D eigenvalue weighted by Crippen LogP contribution is 2.28. The van der Waals surface area contributed by atoms with Gasteiger partial charge in [0.2, 0.25) is 0 Å². The second kappa shape index (κ2) is 8.08. The van der Waals surface area contributed by atoms with Crippen molar-refractivity contribution in [2.75, 3.05) is 12.4 Å². The molecule has 0 unspecified atom stereocenters. The number of amides is 1. The molecule has 0 saturated heterocycles. The second-order valence-electron chi connectivity index (χ2n) is 5.37. The van der Waals surface area contributed by atoms with Gasteiger partial charge in [0.25, 0.3) is 5.91 Å². The number of H-pyrrole nitrogens is 1. The SMILES string of the molecule is COC(=CC=Cc1cc2cc(Cl)c(Cl)cc2[nH]1)C(=O)Nc1cccnc1. The normalized spacial score (nSPS) is 11.9. The Morgan fingerprint density at radius 3 is 2.81 bits per heavy atom. The van der Waals surface area contributed by atoms with Gasteiger partial charge in [-0.1, -0.05) is 29.3 Å². The molecule has 0 bridgehead atoms. The number of carbonyl (C=O) groups excluding carboxylic acids is 1. The summed E-state index contributed by atoms with van der Waals surface area (Å²) in [4.78, 5) is 19.4. The molecule has 2 N–H and O–H groups in total. The number of carbonyl (C=O) groups is 1. The highest BCUT2D eigenvalue weighted by molar-refractivity contribution is 6.42. The summed E-state index contributed by atoms with van der Waals surface area (Å²) in [7, 11) is 1.44. The van der Waals surface area contributed by atoms with E-state index in [4.69, 9.17) is 27.9 Å². The van der Waals surface area contributed by atoms with Crippen LogP contribution in [0, 0.1) is 0 Å². The van der Waals surface area contributed by atoms with Crippen molar-refractivity contribution in [1.82, 2.24) is 9.97 Å². The van der Waals surface area contributed by atoms with E-state index in [1.54, 1.807) is 48.8 Å². The molecule has 0 atom stereocenters. The van der Waals surface area contributed by atoms with E-state index >= 15 is 0 Å². The minimum Gasteiger partial charge on any atom is -0.491 e. The summed E-state index contributed by atoms with van der Waals surface area (Å²) in [6, 6.07) is 8.98. The van der Waals surface area contributed by atoms with Gasteiger partial charge in [-0.15, -0.1) is 0 Å². The maximum atomic E-state index is 12.2. The lowest BCUT2D eigenvalue weighted by Gasteiger charge is -2.06. The van der Waals surface area contributed by atoms with Crippen molar-refractivity contribution in [1.29, 1.82) is 0 Å². The highest BCUT2D eigenvalue weighted by Gasteiger charge is 2.09. The third-order valence-corrected chi connectivity index (χ3v) is 4.29. The summed E-state index contributed by atoms with van der Waals surface area (Å²) >= 11 is 12.0. The molecule has 132 valence electrons. The molecule has 5 nitrogen and oxygen atoms in total. The molecule has 0 saturated carbocycles. The third-order valence-electron chi connectivity index (χ3n) is 3.57. The highest BCUT2D eigenvalue weighted by atomic mass is 35.5. The molecule has 0 spiro atoms. The Bertz CT molecular complexity index is 956. The van der Waals surface area contributed by atoms with Crippen LogP contribution in [0.25, 0.3) is 17.0 Å². The molecule has 3 rings (SSSR count). The first-order valence-electron chi connectivity index (χ1n) is 7.68. The van der Waals surface area contributed by atoms with E-state index in [0.29, 0.717) is 15.7 Å². The number of allylic oxidation sites excluding steroid dienone is 2. The monoisotopic (exact) mass is 387 g/mol.